The molecule has 0 radical (unpaired) electrons. The van der Waals surface area contributed by atoms with Gasteiger partial charge in [-0.3, -0.25) is 4.68 Å². The van der Waals surface area contributed by atoms with Crippen LogP contribution in [0.25, 0.3) is 0 Å². The second kappa shape index (κ2) is 10.2. The summed E-state index contributed by atoms with van der Waals surface area (Å²) in [6.45, 7) is 2.42. The predicted octanol–water partition coefficient (Wildman–Crippen LogP) is 2.76. The van der Waals surface area contributed by atoms with E-state index in [1.165, 1.54) is 0 Å². The number of hydrogen-bond donors (Lipinski definition) is 2. The lowest BCUT2D eigenvalue weighted by atomic mass is 10.1. The van der Waals surface area contributed by atoms with Gasteiger partial charge in [0.25, 0.3) is 0 Å². The highest BCUT2D eigenvalue weighted by Gasteiger charge is 2.04. The SMILES string of the molecule is COc1ccc(CCNC(=S)NCCCn2cc(Br)cn2)cc1OC. The molecule has 1 heterocycles. The number of nitrogens with one attached hydrogen (secondary N) is 2. The first-order valence-electron chi connectivity index (χ1n) is 8.03. The zero-order valence-electron chi connectivity index (χ0n) is 14.4. The molecule has 25 heavy (non-hydrogen) atoms. The van der Waals surface area contributed by atoms with E-state index in [9.17, 15) is 0 Å². The minimum Gasteiger partial charge on any atom is -0.493 e. The van der Waals surface area contributed by atoms with Crippen LogP contribution >= 0.6 is 28.1 Å². The highest BCUT2D eigenvalue weighted by molar-refractivity contribution is 9.10. The van der Waals surface area contributed by atoms with Crippen LogP contribution in [0.5, 0.6) is 11.5 Å². The van der Waals surface area contributed by atoms with Gasteiger partial charge >= 0.3 is 0 Å². The lowest BCUT2D eigenvalue weighted by Gasteiger charge is -2.12. The van der Waals surface area contributed by atoms with E-state index in [0.717, 1.165) is 54.0 Å². The Kier molecular flexibility index (Phi) is 8.00. The second-order valence-electron chi connectivity index (χ2n) is 5.40. The molecule has 0 saturated heterocycles. The number of rotatable bonds is 9. The lowest BCUT2D eigenvalue weighted by molar-refractivity contribution is 0.354. The standard InChI is InChI=1S/C17H23BrN4O2S/c1-23-15-5-4-13(10-16(15)24-2)6-8-20-17(25)19-7-3-9-22-12-14(18)11-21-22/h4-5,10-12H,3,6-9H2,1-2H3,(H2,19,20,25). The number of ether oxygens (including phenoxy) is 2. The molecule has 2 N–H and O–H groups in total. The van der Waals surface area contributed by atoms with Crippen LogP contribution in [0.3, 0.4) is 0 Å². The molecular weight excluding hydrogens is 404 g/mol. The maximum absolute atomic E-state index is 5.31. The molecular formula is C17H23BrN4O2S. The molecule has 1 aromatic carbocycles. The summed E-state index contributed by atoms with van der Waals surface area (Å²) in [4.78, 5) is 0. The number of aromatic nitrogens is 2. The molecule has 0 amide bonds. The van der Waals surface area contributed by atoms with E-state index in [1.54, 1.807) is 20.4 Å². The molecule has 0 spiro atoms. The molecule has 0 fully saturated rings. The van der Waals surface area contributed by atoms with Gasteiger partial charge in [-0.25, -0.2) is 0 Å². The van der Waals surface area contributed by atoms with E-state index in [0.29, 0.717) is 5.11 Å². The third kappa shape index (κ3) is 6.55. The Morgan fingerprint density at radius 3 is 2.64 bits per heavy atom. The molecule has 0 aliphatic carbocycles. The van der Waals surface area contributed by atoms with Gasteiger partial charge in [0, 0.05) is 25.8 Å². The zero-order chi connectivity index (χ0) is 18.1. The van der Waals surface area contributed by atoms with Gasteiger partial charge in [0.05, 0.1) is 24.9 Å². The third-order valence-electron chi connectivity index (χ3n) is 3.60. The van der Waals surface area contributed by atoms with Gasteiger partial charge in [0.2, 0.25) is 0 Å². The minimum absolute atomic E-state index is 0.669. The van der Waals surface area contributed by atoms with Crippen molar-refractivity contribution in [2.24, 2.45) is 0 Å². The largest absolute Gasteiger partial charge is 0.493 e. The van der Waals surface area contributed by atoms with Crippen LogP contribution < -0.4 is 20.1 Å². The van der Waals surface area contributed by atoms with E-state index in [1.807, 2.05) is 29.1 Å². The summed E-state index contributed by atoms with van der Waals surface area (Å²) in [5, 5.41) is 11.3. The number of benzene rings is 1. The number of hydrogen-bond acceptors (Lipinski definition) is 4. The topological polar surface area (TPSA) is 60.3 Å². The van der Waals surface area contributed by atoms with Gasteiger partial charge in [0.1, 0.15) is 0 Å². The molecule has 0 saturated carbocycles. The first kappa shape index (κ1) is 19.5. The van der Waals surface area contributed by atoms with Crippen molar-refractivity contribution in [1.82, 2.24) is 20.4 Å². The van der Waals surface area contributed by atoms with Crippen molar-refractivity contribution in [2.75, 3.05) is 27.3 Å². The number of thiocarbonyl (C=S) groups is 1. The Hall–Kier alpha value is -1.80. The normalized spacial score (nSPS) is 10.4. The number of nitrogens with zero attached hydrogens (tertiary/aromatic N) is 2. The van der Waals surface area contributed by atoms with Gasteiger partial charge in [-0.05, 0) is 58.7 Å². The monoisotopic (exact) mass is 426 g/mol. The Bertz CT molecular complexity index is 693. The van der Waals surface area contributed by atoms with Crippen molar-refractivity contribution in [1.29, 1.82) is 0 Å². The molecule has 2 rings (SSSR count). The Balaban J connectivity index is 1.63. The van der Waals surface area contributed by atoms with E-state index < -0.39 is 0 Å². The Morgan fingerprint density at radius 2 is 1.96 bits per heavy atom. The van der Waals surface area contributed by atoms with Gasteiger partial charge in [-0.2, -0.15) is 5.10 Å². The maximum atomic E-state index is 5.31. The summed E-state index contributed by atoms with van der Waals surface area (Å²) >= 11 is 8.68. The van der Waals surface area contributed by atoms with Gasteiger partial charge in [-0.1, -0.05) is 6.07 Å². The number of methoxy groups -OCH3 is 2. The summed E-state index contributed by atoms with van der Waals surface area (Å²) in [5.74, 6) is 1.48. The van der Waals surface area contributed by atoms with E-state index in [4.69, 9.17) is 21.7 Å². The molecule has 0 aliphatic heterocycles. The van der Waals surface area contributed by atoms with E-state index in [-0.39, 0.29) is 0 Å². The van der Waals surface area contributed by atoms with Crippen LogP contribution in [0.2, 0.25) is 0 Å². The van der Waals surface area contributed by atoms with Crippen molar-refractivity contribution in [3.63, 3.8) is 0 Å². The summed E-state index contributed by atoms with van der Waals surface area (Å²) in [5.41, 5.74) is 1.16. The predicted molar refractivity (Wildman–Crippen MR) is 106 cm³/mol. The van der Waals surface area contributed by atoms with Crippen molar-refractivity contribution in [3.05, 3.63) is 40.6 Å². The minimum atomic E-state index is 0.669. The first-order valence-corrected chi connectivity index (χ1v) is 9.23. The Labute approximate surface area is 162 Å². The maximum Gasteiger partial charge on any atom is 0.166 e. The van der Waals surface area contributed by atoms with Crippen LogP contribution in [0, 0.1) is 0 Å². The summed E-state index contributed by atoms with van der Waals surface area (Å²) in [7, 11) is 3.27. The molecule has 1 aromatic heterocycles. The molecule has 0 atom stereocenters. The van der Waals surface area contributed by atoms with Gasteiger partial charge < -0.3 is 20.1 Å². The van der Waals surface area contributed by atoms with Crippen LogP contribution in [-0.4, -0.2) is 42.2 Å². The van der Waals surface area contributed by atoms with E-state index in [2.05, 4.69) is 31.7 Å². The van der Waals surface area contributed by atoms with E-state index >= 15 is 0 Å². The fraction of sp³-hybridized carbons (Fsp3) is 0.412. The molecule has 0 aliphatic rings. The van der Waals surface area contributed by atoms with Gasteiger partial charge in [0.15, 0.2) is 16.6 Å². The van der Waals surface area contributed by atoms with Crippen molar-refractivity contribution in [2.45, 2.75) is 19.4 Å². The summed E-state index contributed by atoms with van der Waals surface area (Å²) in [6, 6.07) is 5.93. The third-order valence-corrected chi connectivity index (χ3v) is 4.30. The second-order valence-corrected chi connectivity index (χ2v) is 6.72. The number of halogens is 1. The Morgan fingerprint density at radius 1 is 1.20 bits per heavy atom. The average Bonchev–Trinajstić information content (AvgIpc) is 3.03. The molecule has 6 nitrogen and oxygen atoms in total. The van der Waals surface area contributed by atoms with Gasteiger partial charge in [-0.15, -0.1) is 0 Å². The van der Waals surface area contributed by atoms with Crippen molar-refractivity contribution < 1.29 is 9.47 Å². The smallest absolute Gasteiger partial charge is 0.166 e. The molecule has 0 unspecified atom stereocenters. The van der Waals surface area contributed by atoms with Crippen LogP contribution in [0.4, 0.5) is 0 Å². The number of aryl methyl sites for hydroxylation is 1. The molecule has 2 aromatic rings. The quantitative estimate of drug-likeness (QED) is 0.474. The van der Waals surface area contributed by atoms with Crippen LogP contribution in [0.15, 0.2) is 35.1 Å². The van der Waals surface area contributed by atoms with Crippen LogP contribution in [0.1, 0.15) is 12.0 Å². The summed E-state index contributed by atoms with van der Waals surface area (Å²) < 4.78 is 13.5. The molecule has 136 valence electrons. The van der Waals surface area contributed by atoms with Crippen molar-refractivity contribution >= 4 is 33.3 Å². The summed E-state index contributed by atoms with van der Waals surface area (Å²) in [6.07, 6.45) is 5.54. The highest BCUT2D eigenvalue weighted by Crippen LogP contribution is 2.27. The van der Waals surface area contributed by atoms with Crippen LogP contribution in [-0.2, 0) is 13.0 Å². The highest BCUT2D eigenvalue weighted by atomic mass is 79.9. The average molecular weight is 427 g/mol. The fourth-order valence-electron chi connectivity index (χ4n) is 2.32. The first-order chi connectivity index (χ1) is 12.1. The van der Waals surface area contributed by atoms with Crippen molar-refractivity contribution in [3.8, 4) is 11.5 Å². The fourth-order valence-corrected chi connectivity index (χ4v) is 2.85. The zero-order valence-corrected chi connectivity index (χ0v) is 16.8. The molecule has 8 heteroatoms. The lowest BCUT2D eigenvalue weighted by Crippen LogP contribution is -2.37. The molecule has 0 bridgehead atoms.